The molecule has 1 aromatic carbocycles. The highest BCUT2D eigenvalue weighted by Gasteiger charge is 2.62. The lowest BCUT2D eigenvalue weighted by Crippen LogP contribution is -2.57. The van der Waals surface area contributed by atoms with E-state index in [9.17, 15) is 40.8 Å². The number of likely N-dealkylation sites (tertiary alicyclic amines) is 2. The maximum Gasteiger partial charge on any atom is 0.391 e. The summed E-state index contributed by atoms with van der Waals surface area (Å²) in [6.45, 7) is 8.68. The van der Waals surface area contributed by atoms with Crippen LogP contribution in [0.1, 0.15) is 65.7 Å². The Hall–Kier alpha value is -4.97. The zero-order valence-corrected chi connectivity index (χ0v) is 36.4. The molecule has 334 valence electrons. The van der Waals surface area contributed by atoms with E-state index in [-0.39, 0.29) is 56.8 Å². The number of fused-ring (bicyclic) bond motifs is 1. The van der Waals surface area contributed by atoms with Gasteiger partial charge in [-0.15, -0.1) is 6.58 Å². The smallest absolute Gasteiger partial charge is 0.391 e. The fraction of sp³-hybridized carbons (Fsp3) is 0.535. The van der Waals surface area contributed by atoms with Crippen LogP contribution in [0.3, 0.4) is 0 Å². The first-order valence-corrected chi connectivity index (χ1v) is 22.5. The molecule has 3 aromatic rings. The lowest BCUT2D eigenvalue weighted by Gasteiger charge is -2.37. The number of methoxy groups -OCH3 is 1. The van der Waals surface area contributed by atoms with Gasteiger partial charge in [-0.3, -0.25) is 28.9 Å². The second kappa shape index (κ2) is 17.0. The van der Waals surface area contributed by atoms with Gasteiger partial charge >= 0.3 is 6.18 Å². The molecule has 0 bridgehead atoms. The van der Waals surface area contributed by atoms with Crippen LogP contribution in [0.15, 0.2) is 55.3 Å². The van der Waals surface area contributed by atoms with E-state index < -0.39 is 85.9 Å². The number of halogens is 4. The maximum atomic E-state index is 14.9. The molecule has 2 saturated heterocycles. The normalized spacial score (nSPS) is 23.7. The predicted octanol–water partition coefficient (Wildman–Crippen LogP) is 5.83. The van der Waals surface area contributed by atoms with Crippen LogP contribution in [-0.2, 0) is 29.2 Å². The molecule has 4 aliphatic rings. The van der Waals surface area contributed by atoms with Gasteiger partial charge < -0.3 is 24.6 Å². The summed E-state index contributed by atoms with van der Waals surface area (Å²) in [6.07, 6.45) is -2.19. The van der Waals surface area contributed by atoms with Crippen molar-refractivity contribution in [3.63, 3.8) is 0 Å². The van der Waals surface area contributed by atoms with Crippen molar-refractivity contribution in [2.24, 2.45) is 23.2 Å². The topological polar surface area (TPSA) is 177 Å². The number of ether oxygens (including phenoxy) is 2. The number of nitrogens with one attached hydrogen (secondary N) is 2. The van der Waals surface area contributed by atoms with E-state index in [2.05, 4.69) is 21.6 Å². The largest absolute Gasteiger partial charge is 0.495 e. The molecular weight excluding hydrogens is 853 g/mol. The van der Waals surface area contributed by atoms with Crippen LogP contribution in [0.25, 0.3) is 22.3 Å². The SMILES string of the molecule is C=C[C@@H]1C[C@]1(NC(=O)[C@@H]1C[C@@H](Oc2cc(-c3ccccn3)nc3c(Cl)c(OC)ccc23)CN1C(=O)[C@@H](CC(=O)N1CCC(C(F)(F)F)CC1)C(C)(C)C)C(=O)NS(=O)(=O)C1CC1. The van der Waals surface area contributed by atoms with Gasteiger partial charge in [-0.2, -0.15) is 13.2 Å². The molecule has 2 aliphatic heterocycles. The number of sulfonamides is 1. The van der Waals surface area contributed by atoms with Crippen molar-refractivity contribution in [2.75, 3.05) is 26.7 Å². The number of hydrogen-bond acceptors (Lipinski definition) is 10. The van der Waals surface area contributed by atoms with Gasteiger partial charge in [-0.25, -0.2) is 13.4 Å². The summed E-state index contributed by atoms with van der Waals surface area (Å²) in [4.78, 5) is 68.8. The van der Waals surface area contributed by atoms with E-state index in [1.54, 1.807) is 63.4 Å². The molecule has 14 nitrogen and oxygen atoms in total. The summed E-state index contributed by atoms with van der Waals surface area (Å²) in [6, 6.07) is 9.06. The third kappa shape index (κ3) is 9.22. The summed E-state index contributed by atoms with van der Waals surface area (Å²) in [7, 11) is -2.51. The number of nitrogens with zero attached hydrogens (tertiary/aromatic N) is 4. The standard InChI is InChI=1S/C43H50ClF3N6O8S/c1-6-24-22-42(24,40(57)51-62(58,59)27-10-11-27)50-38(55)32-19-26(61-34-21-31(30-9-7-8-16-48-30)49-37-28(34)12-13-33(60-5)36(37)44)23-53(32)39(56)29(41(2,3)4)20-35(54)52-17-14-25(15-18-52)43(45,46)47/h6-9,12-13,16,21,24-27,29,32H,1,10-11,14-15,17-20,22-23H2,2-5H3,(H,50,55)(H,51,57)/t24-,26-,29-,32+,42-/m1/s1. The Morgan fingerprint density at radius 1 is 1.05 bits per heavy atom. The van der Waals surface area contributed by atoms with E-state index in [0.29, 0.717) is 46.6 Å². The summed E-state index contributed by atoms with van der Waals surface area (Å²) in [5, 5.41) is 2.78. The summed E-state index contributed by atoms with van der Waals surface area (Å²) in [5.41, 5.74) is -1.26. The van der Waals surface area contributed by atoms with Gasteiger partial charge in [0.2, 0.25) is 27.7 Å². The first kappa shape index (κ1) is 45.1. The molecule has 4 amide bonds. The van der Waals surface area contributed by atoms with Gasteiger partial charge in [0, 0.05) is 49.5 Å². The molecule has 5 atom stereocenters. The Labute approximate surface area is 363 Å². The molecule has 4 heterocycles. The van der Waals surface area contributed by atoms with Crippen molar-refractivity contribution < 1.29 is 50.2 Å². The molecule has 7 rings (SSSR count). The highest BCUT2D eigenvalue weighted by Crippen LogP contribution is 2.46. The van der Waals surface area contributed by atoms with Gasteiger partial charge in [-0.05, 0) is 61.8 Å². The van der Waals surface area contributed by atoms with E-state index in [0.717, 1.165) is 0 Å². The number of amides is 4. The molecule has 2 aromatic heterocycles. The summed E-state index contributed by atoms with van der Waals surface area (Å²) < 4.78 is 80.2. The van der Waals surface area contributed by atoms with Crippen LogP contribution >= 0.6 is 11.6 Å². The number of piperidine rings is 1. The fourth-order valence-electron chi connectivity index (χ4n) is 8.41. The minimum atomic E-state index is -4.37. The van der Waals surface area contributed by atoms with Crippen LogP contribution in [0.2, 0.25) is 5.02 Å². The molecule has 0 spiro atoms. The van der Waals surface area contributed by atoms with Crippen molar-refractivity contribution in [2.45, 2.75) is 94.8 Å². The van der Waals surface area contributed by atoms with Crippen LogP contribution < -0.4 is 19.5 Å². The number of aromatic nitrogens is 2. The maximum absolute atomic E-state index is 14.9. The molecule has 2 N–H and O–H groups in total. The molecule has 62 heavy (non-hydrogen) atoms. The van der Waals surface area contributed by atoms with Crippen molar-refractivity contribution in [1.82, 2.24) is 29.8 Å². The predicted molar refractivity (Wildman–Crippen MR) is 223 cm³/mol. The first-order chi connectivity index (χ1) is 29.2. The Bertz CT molecular complexity index is 2370. The molecule has 0 radical (unpaired) electrons. The molecular formula is C43H50ClF3N6O8S. The van der Waals surface area contributed by atoms with Crippen molar-refractivity contribution >= 4 is 56.2 Å². The van der Waals surface area contributed by atoms with E-state index in [4.69, 9.17) is 26.1 Å². The van der Waals surface area contributed by atoms with Crippen molar-refractivity contribution in [3.05, 3.63) is 60.3 Å². The van der Waals surface area contributed by atoms with Gasteiger partial charge in [0.05, 0.1) is 47.6 Å². The van der Waals surface area contributed by atoms with Crippen molar-refractivity contribution in [1.29, 1.82) is 0 Å². The quantitative estimate of drug-likeness (QED) is 0.199. The molecule has 2 saturated carbocycles. The zero-order chi connectivity index (χ0) is 44.9. The van der Waals surface area contributed by atoms with Gasteiger partial charge in [-0.1, -0.05) is 44.5 Å². The Morgan fingerprint density at radius 2 is 1.76 bits per heavy atom. The minimum Gasteiger partial charge on any atom is -0.495 e. The number of alkyl halides is 3. The fourth-order valence-corrected chi connectivity index (χ4v) is 10.1. The average Bonchev–Trinajstić information content (AvgIpc) is 4.16. The number of pyridine rings is 2. The van der Waals surface area contributed by atoms with Gasteiger partial charge in [0.1, 0.15) is 34.2 Å². The van der Waals surface area contributed by atoms with E-state index in [1.165, 1.54) is 23.0 Å². The second-order valence-corrected chi connectivity index (χ2v) is 20.0. The lowest BCUT2D eigenvalue weighted by molar-refractivity contribution is -0.186. The first-order valence-electron chi connectivity index (χ1n) is 20.6. The lowest BCUT2D eigenvalue weighted by atomic mass is 9.77. The molecule has 19 heteroatoms. The van der Waals surface area contributed by atoms with Gasteiger partial charge in [0.15, 0.2) is 0 Å². The molecule has 2 aliphatic carbocycles. The second-order valence-electron chi connectivity index (χ2n) is 17.7. The minimum absolute atomic E-state index is 0.0720. The summed E-state index contributed by atoms with van der Waals surface area (Å²) >= 11 is 6.77. The van der Waals surface area contributed by atoms with Crippen molar-refractivity contribution in [3.8, 4) is 22.9 Å². The summed E-state index contributed by atoms with van der Waals surface area (Å²) in [5.74, 6) is -5.20. The van der Waals surface area contributed by atoms with E-state index >= 15 is 0 Å². The Morgan fingerprint density at radius 3 is 2.34 bits per heavy atom. The third-order valence-electron chi connectivity index (χ3n) is 12.4. The van der Waals surface area contributed by atoms with Crippen LogP contribution in [0.5, 0.6) is 11.5 Å². The van der Waals surface area contributed by atoms with Crippen LogP contribution in [0.4, 0.5) is 13.2 Å². The Balaban J connectivity index is 1.21. The number of carbonyl (C=O) groups excluding carboxylic acids is 4. The highest BCUT2D eigenvalue weighted by atomic mass is 35.5. The number of rotatable bonds is 13. The van der Waals surface area contributed by atoms with Crippen LogP contribution in [0, 0.1) is 23.2 Å². The van der Waals surface area contributed by atoms with E-state index in [1.807, 2.05) is 0 Å². The number of carbonyl (C=O) groups is 4. The molecule has 0 unspecified atom stereocenters. The monoisotopic (exact) mass is 902 g/mol. The zero-order valence-electron chi connectivity index (χ0n) is 34.8. The average molecular weight is 903 g/mol. The Kier molecular flexibility index (Phi) is 12.3. The highest BCUT2D eigenvalue weighted by molar-refractivity contribution is 7.91. The van der Waals surface area contributed by atoms with Crippen LogP contribution in [-0.4, -0.2) is 108 Å². The van der Waals surface area contributed by atoms with Gasteiger partial charge in [0.25, 0.3) is 5.91 Å². The third-order valence-corrected chi connectivity index (χ3v) is 14.6. The molecule has 4 fully saturated rings. The number of benzene rings is 1. The number of hydrogen-bond donors (Lipinski definition) is 2.